The van der Waals surface area contributed by atoms with Crippen molar-refractivity contribution in [3.8, 4) is 28.7 Å². The highest BCUT2D eigenvalue weighted by Gasteiger charge is 2.27. The van der Waals surface area contributed by atoms with Crippen molar-refractivity contribution < 1.29 is 9.47 Å². The first kappa shape index (κ1) is 15.1. The van der Waals surface area contributed by atoms with E-state index in [1.54, 1.807) is 12.1 Å². The molecule has 6 nitrogen and oxygen atoms in total. The van der Waals surface area contributed by atoms with Gasteiger partial charge in [-0.2, -0.15) is 5.26 Å². The van der Waals surface area contributed by atoms with Gasteiger partial charge in [0, 0.05) is 28.9 Å². The third-order valence-electron chi connectivity index (χ3n) is 4.47. The van der Waals surface area contributed by atoms with Crippen molar-refractivity contribution in [3.05, 3.63) is 34.0 Å². The number of aromatic nitrogens is 1. The Labute approximate surface area is 143 Å². The number of benzene rings is 1. The second-order valence-electron chi connectivity index (χ2n) is 5.97. The summed E-state index contributed by atoms with van der Waals surface area (Å²) in [4.78, 5) is 4.41. The zero-order valence-electron chi connectivity index (χ0n) is 12.8. The zero-order chi connectivity index (χ0) is 16.8. The quantitative estimate of drug-likeness (QED) is 0.824. The Hall–Kier alpha value is -2.49. The van der Waals surface area contributed by atoms with E-state index in [2.05, 4.69) is 11.1 Å². The fourth-order valence-corrected chi connectivity index (χ4v) is 3.57. The lowest BCUT2D eigenvalue weighted by molar-refractivity contribution is 0.174. The van der Waals surface area contributed by atoms with Crippen LogP contribution in [0.4, 0.5) is 5.82 Å². The Kier molecular flexibility index (Phi) is 3.48. The molecule has 1 aliphatic heterocycles. The number of nitrogen functional groups attached to an aromatic ring is 1. The Morgan fingerprint density at radius 2 is 2.04 bits per heavy atom. The van der Waals surface area contributed by atoms with Crippen LogP contribution in [0, 0.1) is 11.3 Å². The van der Waals surface area contributed by atoms with Crippen LogP contribution in [-0.4, -0.2) is 17.8 Å². The maximum atomic E-state index is 9.61. The van der Waals surface area contributed by atoms with E-state index in [9.17, 15) is 5.26 Å². The second-order valence-corrected chi connectivity index (χ2v) is 6.38. The van der Waals surface area contributed by atoms with Crippen molar-refractivity contribution in [2.45, 2.75) is 25.3 Å². The molecule has 2 heterocycles. The second kappa shape index (κ2) is 5.55. The molecule has 1 aromatic carbocycles. The molecule has 0 saturated carbocycles. The SMILES string of the molecule is N#Cc1c(N)nc2c(c1-c1cc3c(cc1Cl)OCO3)CC(N)CC2. The molecule has 7 heteroatoms. The summed E-state index contributed by atoms with van der Waals surface area (Å²) in [5, 5.41) is 10.1. The summed E-state index contributed by atoms with van der Waals surface area (Å²) in [5.41, 5.74) is 15.7. The van der Waals surface area contributed by atoms with Gasteiger partial charge in [0.15, 0.2) is 11.5 Å². The van der Waals surface area contributed by atoms with Gasteiger partial charge in [-0.3, -0.25) is 0 Å². The van der Waals surface area contributed by atoms with Gasteiger partial charge >= 0.3 is 0 Å². The minimum absolute atomic E-state index is 0.0287. The van der Waals surface area contributed by atoms with Crippen LogP contribution in [-0.2, 0) is 12.8 Å². The number of halogens is 1. The summed E-state index contributed by atoms with van der Waals surface area (Å²) in [6.07, 6.45) is 2.22. The maximum absolute atomic E-state index is 9.61. The molecule has 1 unspecified atom stereocenters. The van der Waals surface area contributed by atoms with Gasteiger partial charge in [0.05, 0.1) is 5.02 Å². The van der Waals surface area contributed by atoms with Crippen LogP contribution in [0.3, 0.4) is 0 Å². The molecule has 0 fully saturated rings. The lowest BCUT2D eigenvalue weighted by Gasteiger charge is -2.25. The maximum Gasteiger partial charge on any atom is 0.231 e. The van der Waals surface area contributed by atoms with Crippen LogP contribution in [0.25, 0.3) is 11.1 Å². The Morgan fingerprint density at radius 1 is 1.29 bits per heavy atom. The van der Waals surface area contributed by atoms with Gasteiger partial charge in [-0.25, -0.2) is 4.98 Å². The van der Waals surface area contributed by atoms with Gasteiger partial charge in [-0.05, 0) is 30.9 Å². The Morgan fingerprint density at radius 3 is 2.79 bits per heavy atom. The molecule has 0 radical (unpaired) electrons. The van der Waals surface area contributed by atoms with Crippen molar-refractivity contribution in [1.29, 1.82) is 5.26 Å². The monoisotopic (exact) mass is 342 g/mol. The number of fused-ring (bicyclic) bond motifs is 2. The van der Waals surface area contributed by atoms with E-state index in [1.807, 2.05) is 0 Å². The first-order valence-electron chi connectivity index (χ1n) is 7.65. The van der Waals surface area contributed by atoms with Crippen molar-refractivity contribution in [2.24, 2.45) is 5.73 Å². The fourth-order valence-electron chi connectivity index (χ4n) is 3.32. The molecule has 122 valence electrons. The Bertz CT molecular complexity index is 891. The highest BCUT2D eigenvalue weighted by atomic mass is 35.5. The molecule has 1 atom stereocenters. The van der Waals surface area contributed by atoms with Gasteiger partial charge in [0.1, 0.15) is 17.5 Å². The van der Waals surface area contributed by atoms with Crippen LogP contribution < -0.4 is 20.9 Å². The summed E-state index contributed by atoms with van der Waals surface area (Å²) in [6.45, 7) is 0.154. The number of rotatable bonds is 1. The minimum Gasteiger partial charge on any atom is -0.454 e. The summed E-state index contributed by atoms with van der Waals surface area (Å²) in [7, 11) is 0. The molecule has 2 aliphatic rings. The standard InChI is InChI=1S/C17H15ClN4O2/c18-12-5-15-14(23-7-24-15)4-9(12)16-10-3-8(20)1-2-13(10)22-17(21)11(16)6-19/h4-5,8H,1-3,7,20H2,(H2,21,22). The third kappa shape index (κ3) is 2.25. The number of aryl methyl sites for hydroxylation is 1. The average Bonchev–Trinajstić information content (AvgIpc) is 3.00. The van der Waals surface area contributed by atoms with Crippen LogP contribution in [0.2, 0.25) is 5.02 Å². The van der Waals surface area contributed by atoms with E-state index >= 15 is 0 Å². The Balaban J connectivity index is 2.01. The number of hydrogen-bond acceptors (Lipinski definition) is 6. The van der Waals surface area contributed by atoms with E-state index in [-0.39, 0.29) is 18.7 Å². The van der Waals surface area contributed by atoms with Crippen LogP contribution in [0.15, 0.2) is 12.1 Å². The van der Waals surface area contributed by atoms with Crippen molar-refractivity contribution >= 4 is 17.4 Å². The van der Waals surface area contributed by atoms with Crippen LogP contribution in [0.5, 0.6) is 11.5 Å². The number of anilines is 1. The smallest absolute Gasteiger partial charge is 0.231 e. The summed E-state index contributed by atoms with van der Waals surface area (Å²) in [5.74, 6) is 1.41. The molecule has 0 spiro atoms. The highest BCUT2D eigenvalue weighted by molar-refractivity contribution is 6.33. The number of nitrogens with zero attached hydrogens (tertiary/aromatic N) is 2. The van der Waals surface area contributed by atoms with Crippen LogP contribution >= 0.6 is 11.6 Å². The lowest BCUT2D eigenvalue weighted by Crippen LogP contribution is -2.29. The molecule has 0 saturated heterocycles. The molecule has 4 rings (SSSR count). The van der Waals surface area contributed by atoms with Crippen molar-refractivity contribution in [3.63, 3.8) is 0 Å². The first-order valence-corrected chi connectivity index (χ1v) is 8.02. The van der Waals surface area contributed by atoms with Gasteiger partial charge in [-0.15, -0.1) is 0 Å². The number of nitrogens with two attached hydrogens (primary N) is 2. The number of pyridine rings is 1. The van der Waals surface area contributed by atoms with E-state index in [0.29, 0.717) is 39.6 Å². The van der Waals surface area contributed by atoms with E-state index in [1.165, 1.54) is 0 Å². The highest BCUT2D eigenvalue weighted by Crippen LogP contribution is 2.44. The predicted molar refractivity (Wildman–Crippen MR) is 89.9 cm³/mol. The predicted octanol–water partition coefficient (Wildman–Crippen LogP) is 2.40. The topological polar surface area (TPSA) is 107 Å². The molecule has 4 N–H and O–H groups in total. The van der Waals surface area contributed by atoms with Gasteiger partial charge in [0.2, 0.25) is 6.79 Å². The summed E-state index contributed by atoms with van der Waals surface area (Å²) in [6, 6.07) is 5.68. The zero-order valence-corrected chi connectivity index (χ0v) is 13.6. The van der Waals surface area contributed by atoms with Gasteiger partial charge in [-0.1, -0.05) is 11.6 Å². The molecule has 1 aliphatic carbocycles. The van der Waals surface area contributed by atoms with Crippen LogP contribution in [0.1, 0.15) is 23.2 Å². The molecular formula is C17H15ClN4O2. The minimum atomic E-state index is 0.0287. The van der Waals surface area contributed by atoms with E-state index in [0.717, 1.165) is 24.1 Å². The lowest BCUT2D eigenvalue weighted by atomic mass is 9.84. The van der Waals surface area contributed by atoms with E-state index in [4.69, 9.17) is 32.5 Å². The molecule has 0 amide bonds. The molecular weight excluding hydrogens is 328 g/mol. The third-order valence-corrected chi connectivity index (χ3v) is 4.79. The number of ether oxygens (including phenoxy) is 2. The molecule has 0 bridgehead atoms. The van der Waals surface area contributed by atoms with Crippen molar-refractivity contribution in [1.82, 2.24) is 4.98 Å². The normalized spacial score (nSPS) is 18.1. The summed E-state index contributed by atoms with van der Waals surface area (Å²) >= 11 is 6.47. The van der Waals surface area contributed by atoms with Gasteiger partial charge in [0.25, 0.3) is 0 Å². The van der Waals surface area contributed by atoms with E-state index < -0.39 is 0 Å². The molecule has 1 aromatic heterocycles. The fraction of sp³-hybridized carbons (Fsp3) is 0.294. The first-order chi connectivity index (χ1) is 11.6. The summed E-state index contributed by atoms with van der Waals surface area (Å²) < 4.78 is 10.8. The number of nitriles is 1. The van der Waals surface area contributed by atoms with Gasteiger partial charge < -0.3 is 20.9 Å². The number of hydrogen-bond donors (Lipinski definition) is 2. The largest absolute Gasteiger partial charge is 0.454 e. The molecule has 2 aromatic rings. The van der Waals surface area contributed by atoms with Crippen molar-refractivity contribution in [2.75, 3.05) is 12.5 Å². The average molecular weight is 343 g/mol. The molecule has 24 heavy (non-hydrogen) atoms.